The number of hydrogen-bond acceptors (Lipinski definition) is 4. The van der Waals surface area contributed by atoms with Gasteiger partial charge in [-0.2, -0.15) is 0 Å². The van der Waals surface area contributed by atoms with Crippen molar-refractivity contribution in [1.82, 2.24) is 9.97 Å². The zero-order chi connectivity index (χ0) is 11.1. The van der Waals surface area contributed by atoms with E-state index in [9.17, 15) is 4.79 Å². The van der Waals surface area contributed by atoms with Crippen molar-refractivity contribution in [3.63, 3.8) is 0 Å². The van der Waals surface area contributed by atoms with Crippen molar-refractivity contribution in [3.8, 4) is 0 Å². The van der Waals surface area contributed by atoms with Gasteiger partial charge in [0.25, 0.3) is 0 Å². The average Bonchev–Trinajstić information content (AvgIpc) is 2.20. The highest BCUT2D eigenvalue weighted by molar-refractivity contribution is 6.32. The number of rotatable bonds is 6. The first-order chi connectivity index (χ1) is 7.20. The summed E-state index contributed by atoms with van der Waals surface area (Å²) < 4.78 is 0. The second-order valence-corrected chi connectivity index (χ2v) is 3.48. The molecule has 1 rings (SSSR count). The van der Waals surface area contributed by atoms with E-state index in [1.165, 1.54) is 12.5 Å². The van der Waals surface area contributed by atoms with Crippen LogP contribution in [0.5, 0.6) is 0 Å². The van der Waals surface area contributed by atoms with Crippen LogP contribution in [-0.2, 0) is 4.79 Å². The van der Waals surface area contributed by atoms with E-state index < -0.39 is 0 Å². The van der Waals surface area contributed by atoms with Gasteiger partial charge in [-0.1, -0.05) is 11.6 Å². The van der Waals surface area contributed by atoms with Crippen molar-refractivity contribution in [2.45, 2.75) is 19.3 Å². The Balaban J connectivity index is 2.21. The summed E-state index contributed by atoms with van der Waals surface area (Å²) in [7, 11) is 0. The van der Waals surface area contributed by atoms with Gasteiger partial charge in [-0.25, -0.2) is 9.97 Å². The van der Waals surface area contributed by atoms with E-state index in [1.54, 1.807) is 0 Å². The Hall–Kier alpha value is -1.36. The molecule has 0 atom stereocenters. The number of hydrogen-bond donors (Lipinski definition) is 2. The number of primary amides is 1. The molecule has 0 saturated carbocycles. The van der Waals surface area contributed by atoms with Gasteiger partial charge in [0.1, 0.15) is 17.2 Å². The molecule has 1 heterocycles. The summed E-state index contributed by atoms with van der Waals surface area (Å²) in [5, 5.41) is 3.54. The number of carbonyl (C=O) groups is 1. The third kappa shape index (κ3) is 4.60. The fourth-order valence-corrected chi connectivity index (χ4v) is 1.25. The Morgan fingerprint density at radius 3 is 3.00 bits per heavy atom. The SMILES string of the molecule is NC(=O)CCCCNc1ncncc1Cl. The highest BCUT2D eigenvalue weighted by Crippen LogP contribution is 2.15. The quantitative estimate of drug-likeness (QED) is 0.717. The minimum Gasteiger partial charge on any atom is -0.370 e. The molecule has 1 amide bonds. The maximum absolute atomic E-state index is 10.4. The lowest BCUT2D eigenvalue weighted by molar-refractivity contribution is -0.118. The molecule has 0 aliphatic rings. The molecule has 0 aliphatic carbocycles. The Labute approximate surface area is 93.0 Å². The first-order valence-corrected chi connectivity index (χ1v) is 5.05. The van der Waals surface area contributed by atoms with Gasteiger partial charge in [-0.3, -0.25) is 4.79 Å². The second kappa shape index (κ2) is 6.19. The van der Waals surface area contributed by atoms with Crippen LogP contribution < -0.4 is 11.1 Å². The summed E-state index contributed by atoms with van der Waals surface area (Å²) in [6.07, 6.45) is 4.99. The number of nitrogens with two attached hydrogens (primary N) is 1. The number of nitrogens with one attached hydrogen (secondary N) is 1. The molecule has 6 heteroatoms. The maximum atomic E-state index is 10.4. The zero-order valence-corrected chi connectivity index (χ0v) is 9.00. The molecule has 1 aromatic heterocycles. The topological polar surface area (TPSA) is 80.9 Å². The number of anilines is 1. The third-order valence-electron chi connectivity index (χ3n) is 1.81. The summed E-state index contributed by atoms with van der Waals surface area (Å²) in [6.45, 7) is 0.712. The van der Waals surface area contributed by atoms with Gasteiger partial charge in [-0.05, 0) is 12.8 Å². The summed E-state index contributed by atoms with van der Waals surface area (Å²) in [4.78, 5) is 18.2. The predicted molar refractivity (Wildman–Crippen MR) is 58.6 cm³/mol. The minimum atomic E-state index is -0.268. The van der Waals surface area contributed by atoms with Gasteiger partial charge in [0.05, 0.1) is 6.20 Å². The van der Waals surface area contributed by atoms with E-state index in [1.807, 2.05) is 0 Å². The van der Waals surface area contributed by atoms with Crippen molar-refractivity contribution in [2.24, 2.45) is 5.73 Å². The number of amides is 1. The number of nitrogens with zero attached hydrogens (tertiary/aromatic N) is 2. The van der Waals surface area contributed by atoms with Gasteiger partial charge >= 0.3 is 0 Å². The Bertz CT molecular complexity index is 332. The highest BCUT2D eigenvalue weighted by atomic mass is 35.5. The lowest BCUT2D eigenvalue weighted by Crippen LogP contribution is -2.11. The van der Waals surface area contributed by atoms with Crippen molar-refractivity contribution in [3.05, 3.63) is 17.5 Å². The van der Waals surface area contributed by atoms with Crippen LogP contribution in [-0.4, -0.2) is 22.4 Å². The summed E-state index contributed by atoms with van der Waals surface area (Å²) in [5.41, 5.74) is 5.01. The lowest BCUT2D eigenvalue weighted by atomic mass is 10.2. The Morgan fingerprint density at radius 1 is 1.53 bits per heavy atom. The molecule has 5 nitrogen and oxygen atoms in total. The Morgan fingerprint density at radius 2 is 2.33 bits per heavy atom. The van der Waals surface area contributed by atoms with Gasteiger partial charge in [-0.15, -0.1) is 0 Å². The van der Waals surface area contributed by atoms with Crippen LogP contribution in [0.1, 0.15) is 19.3 Å². The van der Waals surface area contributed by atoms with Crippen molar-refractivity contribution >= 4 is 23.3 Å². The van der Waals surface area contributed by atoms with E-state index in [-0.39, 0.29) is 5.91 Å². The third-order valence-corrected chi connectivity index (χ3v) is 2.09. The molecule has 0 bridgehead atoms. The smallest absolute Gasteiger partial charge is 0.217 e. The Kier molecular flexibility index (Phi) is 4.83. The molecule has 0 spiro atoms. The first-order valence-electron chi connectivity index (χ1n) is 4.68. The average molecular weight is 229 g/mol. The van der Waals surface area contributed by atoms with Gasteiger partial charge in [0.2, 0.25) is 5.91 Å². The molecule has 0 saturated heterocycles. The van der Waals surface area contributed by atoms with Gasteiger partial charge in [0.15, 0.2) is 0 Å². The predicted octanol–water partition coefficient (Wildman–Crippen LogP) is 1.20. The van der Waals surface area contributed by atoms with Crippen LogP contribution in [0.2, 0.25) is 5.02 Å². The van der Waals surface area contributed by atoms with E-state index in [4.69, 9.17) is 17.3 Å². The largest absolute Gasteiger partial charge is 0.370 e. The molecule has 0 aliphatic heterocycles. The fourth-order valence-electron chi connectivity index (χ4n) is 1.07. The molecule has 15 heavy (non-hydrogen) atoms. The molecule has 3 N–H and O–H groups in total. The summed E-state index contributed by atoms with van der Waals surface area (Å²) in [5.74, 6) is 0.348. The summed E-state index contributed by atoms with van der Waals surface area (Å²) >= 11 is 5.83. The standard InChI is InChI=1S/C9H13ClN4O/c10-7-5-12-6-14-9(7)13-4-2-1-3-8(11)15/h5-6H,1-4H2,(H2,11,15)(H,12,13,14). The molecule has 0 unspecified atom stereocenters. The normalized spacial score (nSPS) is 9.93. The molecular weight excluding hydrogens is 216 g/mol. The van der Waals surface area contributed by atoms with Crippen LogP contribution in [0.15, 0.2) is 12.5 Å². The van der Waals surface area contributed by atoms with Crippen LogP contribution >= 0.6 is 11.6 Å². The van der Waals surface area contributed by atoms with Crippen LogP contribution in [0.4, 0.5) is 5.82 Å². The maximum Gasteiger partial charge on any atom is 0.217 e. The van der Waals surface area contributed by atoms with E-state index in [2.05, 4.69) is 15.3 Å². The van der Waals surface area contributed by atoms with E-state index in [0.29, 0.717) is 23.8 Å². The van der Waals surface area contributed by atoms with E-state index >= 15 is 0 Å². The fraction of sp³-hybridized carbons (Fsp3) is 0.444. The molecule has 1 aromatic rings. The summed E-state index contributed by atoms with van der Waals surface area (Å²) in [6, 6.07) is 0. The number of unbranched alkanes of at least 4 members (excludes halogenated alkanes) is 1. The number of aromatic nitrogens is 2. The lowest BCUT2D eigenvalue weighted by Gasteiger charge is -2.05. The van der Waals surface area contributed by atoms with E-state index in [0.717, 1.165) is 12.8 Å². The monoisotopic (exact) mass is 228 g/mol. The highest BCUT2D eigenvalue weighted by Gasteiger charge is 1.99. The zero-order valence-electron chi connectivity index (χ0n) is 8.24. The van der Waals surface area contributed by atoms with Crippen LogP contribution in [0.25, 0.3) is 0 Å². The van der Waals surface area contributed by atoms with Crippen LogP contribution in [0, 0.1) is 0 Å². The van der Waals surface area contributed by atoms with Crippen molar-refractivity contribution in [1.29, 1.82) is 0 Å². The van der Waals surface area contributed by atoms with Gasteiger partial charge in [0, 0.05) is 13.0 Å². The van der Waals surface area contributed by atoms with Crippen molar-refractivity contribution in [2.75, 3.05) is 11.9 Å². The number of halogens is 1. The molecule has 0 radical (unpaired) electrons. The van der Waals surface area contributed by atoms with Gasteiger partial charge < -0.3 is 11.1 Å². The molecule has 82 valence electrons. The molecule has 0 aromatic carbocycles. The molecule has 0 fully saturated rings. The van der Waals surface area contributed by atoms with Crippen LogP contribution in [0.3, 0.4) is 0 Å². The van der Waals surface area contributed by atoms with Crippen molar-refractivity contribution < 1.29 is 4.79 Å². The number of carbonyl (C=O) groups excluding carboxylic acids is 1. The second-order valence-electron chi connectivity index (χ2n) is 3.07. The molecular formula is C9H13ClN4O. The first kappa shape index (κ1) is 11.7. The minimum absolute atomic E-state index is 0.268.